The molecule has 0 aliphatic heterocycles. The fourth-order valence-corrected chi connectivity index (χ4v) is 3.71. The maximum atomic E-state index is 13.5. The van der Waals surface area contributed by atoms with Gasteiger partial charge in [0.2, 0.25) is 10.0 Å². The Labute approximate surface area is 184 Å². The Morgan fingerprint density at radius 1 is 0.938 bits per heavy atom. The molecule has 7 nitrogen and oxygen atoms in total. The number of hydrogen-bond donors (Lipinski definition) is 2. The van der Waals surface area contributed by atoms with Crippen LogP contribution in [0.2, 0.25) is 0 Å². The predicted octanol–water partition coefficient (Wildman–Crippen LogP) is 4.30. The van der Waals surface area contributed by atoms with Crippen LogP contribution in [0, 0.1) is 5.82 Å². The predicted molar refractivity (Wildman–Crippen MR) is 122 cm³/mol. The van der Waals surface area contributed by atoms with Crippen molar-refractivity contribution in [2.45, 2.75) is 0 Å². The highest BCUT2D eigenvalue weighted by atomic mass is 32.2. The Bertz CT molecular complexity index is 1370. The Balaban J connectivity index is 1.73. The van der Waals surface area contributed by atoms with E-state index in [-0.39, 0.29) is 5.56 Å². The van der Waals surface area contributed by atoms with Crippen molar-refractivity contribution in [3.05, 3.63) is 96.4 Å². The molecule has 0 saturated carbocycles. The number of nitrogens with zero attached hydrogens (tertiary/aromatic N) is 2. The minimum atomic E-state index is -3.41. The van der Waals surface area contributed by atoms with E-state index in [0.29, 0.717) is 22.6 Å². The molecule has 0 bridgehead atoms. The molecular formula is C23H19FN4O3S. The van der Waals surface area contributed by atoms with Crippen molar-refractivity contribution in [3.8, 4) is 16.9 Å². The van der Waals surface area contributed by atoms with E-state index in [2.05, 4.69) is 15.1 Å². The highest BCUT2D eigenvalue weighted by molar-refractivity contribution is 7.92. The molecule has 3 aromatic carbocycles. The molecule has 0 aliphatic rings. The van der Waals surface area contributed by atoms with Gasteiger partial charge in [0.1, 0.15) is 11.5 Å². The minimum Gasteiger partial charge on any atom is -0.322 e. The van der Waals surface area contributed by atoms with E-state index in [9.17, 15) is 17.6 Å². The molecular weight excluding hydrogens is 431 g/mol. The molecule has 1 heterocycles. The summed E-state index contributed by atoms with van der Waals surface area (Å²) in [5, 5.41) is 7.27. The van der Waals surface area contributed by atoms with Gasteiger partial charge < -0.3 is 5.32 Å². The third kappa shape index (κ3) is 5.01. The molecule has 1 amide bonds. The third-order valence-electron chi connectivity index (χ3n) is 4.52. The number of sulfonamides is 1. The number of nitrogens with one attached hydrogen (secondary N) is 2. The number of hydrogen-bond acceptors (Lipinski definition) is 4. The number of carbonyl (C=O) groups is 1. The summed E-state index contributed by atoms with van der Waals surface area (Å²) < 4.78 is 40.4. The molecule has 162 valence electrons. The molecule has 4 rings (SSSR count). The molecule has 0 aliphatic carbocycles. The number of amides is 1. The molecule has 0 atom stereocenters. The van der Waals surface area contributed by atoms with Gasteiger partial charge in [-0.1, -0.05) is 36.4 Å². The van der Waals surface area contributed by atoms with Gasteiger partial charge in [0.15, 0.2) is 0 Å². The average molecular weight is 450 g/mol. The topological polar surface area (TPSA) is 93.1 Å². The highest BCUT2D eigenvalue weighted by Crippen LogP contribution is 2.26. The number of benzene rings is 3. The summed E-state index contributed by atoms with van der Waals surface area (Å²) >= 11 is 0. The lowest BCUT2D eigenvalue weighted by Gasteiger charge is -2.07. The van der Waals surface area contributed by atoms with Crippen LogP contribution in [0.1, 0.15) is 10.4 Å². The monoisotopic (exact) mass is 450 g/mol. The van der Waals surface area contributed by atoms with Gasteiger partial charge in [-0.15, -0.1) is 0 Å². The number of aromatic nitrogens is 2. The minimum absolute atomic E-state index is 0.280. The molecule has 0 saturated heterocycles. The standard InChI is InChI=1S/C23H19FN4O3S/c1-32(30,31)27-18-12-10-16(11-13-18)22-21(15-28(26-22)20-8-3-2-4-9-20)23(29)25-19-7-5-6-17(24)14-19/h2-15,27H,1H3,(H,25,29). The molecule has 0 unspecified atom stereocenters. The third-order valence-corrected chi connectivity index (χ3v) is 5.13. The number of para-hydroxylation sites is 1. The van der Waals surface area contributed by atoms with Gasteiger partial charge in [0.05, 0.1) is 17.5 Å². The van der Waals surface area contributed by atoms with Crippen LogP contribution in [0.25, 0.3) is 16.9 Å². The van der Waals surface area contributed by atoms with Crippen molar-refractivity contribution in [3.63, 3.8) is 0 Å². The first kappa shape index (κ1) is 21.3. The van der Waals surface area contributed by atoms with Gasteiger partial charge in [0.25, 0.3) is 5.91 Å². The summed E-state index contributed by atoms with van der Waals surface area (Å²) in [4.78, 5) is 13.0. The second-order valence-corrected chi connectivity index (χ2v) is 8.84. The van der Waals surface area contributed by atoms with Crippen molar-refractivity contribution in [1.29, 1.82) is 0 Å². The Hall–Kier alpha value is -3.98. The van der Waals surface area contributed by atoms with Gasteiger partial charge in [-0.3, -0.25) is 9.52 Å². The zero-order valence-electron chi connectivity index (χ0n) is 17.0. The lowest BCUT2D eigenvalue weighted by Crippen LogP contribution is -2.12. The second-order valence-electron chi connectivity index (χ2n) is 7.09. The Morgan fingerprint density at radius 3 is 2.31 bits per heavy atom. The Kier molecular flexibility index (Phi) is 5.74. The summed E-state index contributed by atoms with van der Waals surface area (Å²) in [6, 6.07) is 21.4. The van der Waals surface area contributed by atoms with E-state index < -0.39 is 21.7 Å². The maximum absolute atomic E-state index is 13.5. The van der Waals surface area contributed by atoms with E-state index in [0.717, 1.165) is 11.9 Å². The molecule has 0 spiro atoms. The van der Waals surface area contributed by atoms with Crippen molar-refractivity contribution in [1.82, 2.24) is 9.78 Å². The average Bonchev–Trinajstić information content (AvgIpc) is 3.19. The van der Waals surface area contributed by atoms with E-state index in [1.165, 1.54) is 18.2 Å². The van der Waals surface area contributed by atoms with Gasteiger partial charge >= 0.3 is 0 Å². The van der Waals surface area contributed by atoms with Crippen molar-refractivity contribution in [2.24, 2.45) is 0 Å². The lowest BCUT2D eigenvalue weighted by molar-refractivity contribution is 0.102. The fourth-order valence-electron chi connectivity index (χ4n) is 3.14. The van der Waals surface area contributed by atoms with Crippen LogP contribution in [0.4, 0.5) is 15.8 Å². The Morgan fingerprint density at radius 2 is 1.66 bits per heavy atom. The van der Waals surface area contributed by atoms with Crippen LogP contribution >= 0.6 is 0 Å². The summed E-state index contributed by atoms with van der Waals surface area (Å²) in [6.45, 7) is 0. The maximum Gasteiger partial charge on any atom is 0.259 e. The first-order chi connectivity index (χ1) is 15.3. The van der Waals surface area contributed by atoms with Gasteiger partial charge in [-0.25, -0.2) is 17.5 Å². The van der Waals surface area contributed by atoms with Gasteiger partial charge in [0, 0.05) is 23.1 Å². The molecule has 9 heteroatoms. The quantitative estimate of drug-likeness (QED) is 0.458. The largest absolute Gasteiger partial charge is 0.322 e. The number of carbonyl (C=O) groups excluding carboxylic acids is 1. The fraction of sp³-hybridized carbons (Fsp3) is 0.0435. The van der Waals surface area contributed by atoms with Crippen LogP contribution in [0.5, 0.6) is 0 Å². The van der Waals surface area contributed by atoms with E-state index in [1.807, 2.05) is 30.3 Å². The zero-order chi connectivity index (χ0) is 22.7. The summed E-state index contributed by atoms with van der Waals surface area (Å²) in [6.07, 6.45) is 2.67. The first-order valence-corrected chi connectivity index (χ1v) is 11.5. The lowest BCUT2D eigenvalue weighted by atomic mass is 10.1. The van der Waals surface area contributed by atoms with Crippen LogP contribution in [-0.4, -0.2) is 30.4 Å². The van der Waals surface area contributed by atoms with Crippen molar-refractivity contribution >= 4 is 27.3 Å². The molecule has 1 aromatic heterocycles. The van der Waals surface area contributed by atoms with Crippen LogP contribution in [0.15, 0.2) is 85.1 Å². The van der Waals surface area contributed by atoms with Crippen LogP contribution in [-0.2, 0) is 10.0 Å². The number of anilines is 2. The molecule has 0 fully saturated rings. The van der Waals surface area contributed by atoms with Gasteiger partial charge in [-0.2, -0.15) is 5.10 Å². The second kappa shape index (κ2) is 8.64. The molecule has 32 heavy (non-hydrogen) atoms. The normalized spacial score (nSPS) is 11.2. The van der Waals surface area contributed by atoms with E-state index in [4.69, 9.17) is 0 Å². The first-order valence-electron chi connectivity index (χ1n) is 9.59. The highest BCUT2D eigenvalue weighted by Gasteiger charge is 2.19. The van der Waals surface area contributed by atoms with Crippen molar-refractivity contribution < 1.29 is 17.6 Å². The summed E-state index contributed by atoms with van der Waals surface area (Å²) in [7, 11) is -3.41. The molecule has 0 radical (unpaired) electrons. The van der Waals surface area contributed by atoms with Gasteiger partial charge in [-0.05, 0) is 42.5 Å². The van der Waals surface area contributed by atoms with Crippen molar-refractivity contribution in [2.75, 3.05) is 16.3 Å². The van der Waals surface area contributed by atoms with Crippen LogP contribution < -0.4 is 10.0 Å². The summed E-state index contributed by atoms with van der Waals surface area (Å²) in [5.74, 6) is -0.914. The van der Waals surface area contributed by atoms with Crippen LogP contribution in [0.3, 0.4) is 0 Å². The van der Waals surface area contributed by atoms with E-state index in [1.54, 1.807) is 41.2 Å². The number of halogens is 1. The molecule has 4 aromatic rings. The zero-order valence-corrected chi connectivity index (χ0v) is 17.8. The smallest absolute Gasteiger partial charge is 0.259 e. The molecule has 2 N–H and O–H groups in total. The summed E-state index contributed by atoms with van der Waals surface area (Å²) in [5.41, 5.74) is 2.76. The van der Waals surface area contributed by atoms with E-state index >= 15 is 0 Å². The number of rotatable bonds is 6. The SMILES string of the molecule is CS(=O)(=O)Nc1ccc(-c2nn(-c3ccccc3)cc2C(=O)Nc2cccc(F)c2)cc1.